The normalized spacial score (nSPS) is 15.0. The van der Waals surface area contributed by atoms with E-state index in [-0.39, 0.29) is 0 Å². The van der Waals surface area contributed by atoms with Crippen LogP contribution in [-0.4, -0.2) is 26.4 Å². The number of halogens is 1. The van der Waals surface area contributed by atoms with Crippen LogP contribution in [0.1, 0.15) is 30.4 Å². The molecule has 0 unspecified atom stereocenters. The van der Waals surface area contributed by atoms with Crippen molar-refractivity contribution in [2.24, 2.45) is 4.99 Å². The minimum atomic E-state index is 0.695. The molecule has 1 aliphatic heterocycles. The molecule has 0 N–H and O–H groups in total. The van der Waals surface area contributed by atoms with Crippen LogP contribution >= 0.6 is 11.6 Å². The summed E-state index contributed by atoms with van der Waals surface area (Å²) in [5.41, 5.74) is 4.17. The molecule has 3 rings (SSSR count). The Kier molecular flexibility index (Phi) is 5.41. The number of aliphatic imine (C=N–C) groups is 1. The number of rotatable bonds is 4. The maximum Gasteiger partial charge on any atom is 0.129 e. The second kappa shape index (κ2) is 7.71. The van der Waals surface area contributed by atoms with Gasteiger partial charge in [0.15, 0.2) is 0 Å². The summed E-state index contributed by atoms with van der Waals surface area (Å²) in [5, 5.41) is 0.695. The van der Waals surface area contributed by atoms with Crippen LogP contribution in [0.25, 0.3) is 0 Å². The van der Waals surface area contributed by atoms with Gasteiger partial charge >= 0.3 is 0 Å². The Morgan fingerprint density at radius 3 is 2.62 bits per heavy atom. The molecule has 0 atom stereocenters. The zero-order chi connectivity index (χ0) is 16.9. The number of ether oxygens (including phenoxy) is 1. The number of methoxy groups -OCH3 is 1. The summed E-state index contributed by atoms with van der Waals surface area (Å²) < 4.78 is 5.58. The monoisotopic (exact) mass is 342 g/mol. The zero-order valence-electron chi connectivity index (χ0n) is 14.3. The molecular weight excluding hydrogens is 320 g/mol. The van der Waals surface area contributed by atoms with E-state index in [2.05, 4.69) is 28.1 Å². The van der Waals surface area contributed by atoms with Gasteiger partial charge in [0.05, 0.1) is 12.8 Å². The predicted octanol–water partition coefficient (Wildman–Crippen LogP) is 5.40. The number of piperidine rings is 1. The van der Waals surface area contributed by atoms with Gasteiger partial charge in [-0.2, -0.15) is 0 Å². The Bertz CT molecular complexity index is 736. The van der Waals surface area contributed by atoms with E-state index in [1.807, 2.05) is 31.3 Å². The maximum atomic E-state index is 6.06. The van der Waals surface area contributed by atoms with Crippen molar-refractivity contribution in [1.29, 1.82) is 0 Å². The minimum Gasteiger partial charge on any atom is -0.496 e. The molecule has 1 fully saturated rings. The zero-order valence-corrected chi connectivity index (χ0v) is 15.0. The van der Waals surface area contributed by atoms with Gasteiger partial charge in [-0.15, -0.1) is 0 Å². The topological polar surface area (TPSA) is 24.8 Å². The third kappa shape index (κ3) is 3.90. The Balaban J connectivity index is 1.85. The standard InChI is InChI=1S/C20H23ClN2O/c1-15-6-8-17(21)12-19(15)22-14-16-7-9-18(13-20(16)24-2)23-10-4-3-5-11-23/h6-9,12-14H,3-5,10-11H2,1-2H3. The highest BCUT2D eigenvalue weighted by atomic mass is 35.5. The highest BCUT2D eigenvalue weighted by Crippen LogP contribution is 2.28. The van der Waals surface area contributed by atoms with Crippen LogP contribution in [0.5, 0.6) is 5.75 Å². The van der Waals surface area contributed by atoms with Crippen molar-refractivity contribution >= 4 is 29.2 Å². The summed E-state index contributed by atoms with van der Waals surface area (Å²) in [6, 6.07) is 12.1. The second-order valence-electron chi connectivity index (χ2n) is 6.16. The van der Waals surface area contributed by atoms with Crippen molar-refractivity contribution in [1.82, 2.24) is 0 Å². The fourth-order valence-electron chi connectivity index (χ4n) is 3.02. The molecule has 1 saturated heterocycles. The molecule has 126 valence electrons. The summed E-state index contributed by atoms with van der Waals surface area (Å²) in [6.45, 7) is 4.27. The number of hydrogen-bond acceptors (Lipinski definition) is 3. The molecule has 4 heteroatoms. The Morgan fingerprint density at radius 1 is 1.08 bits per heavy atom. The van der Waals surface area contributed by atoms with Crippen LogP contribution in [-0.2, 0) is 0 Å². The summed E-state index contributed by atoms with van der Waals surface area (Å²) in [7, 11) is 1.71. The number of aryl methyl sites for hydroxylation is 1. The van der Waals surface area contributed by atoms with Gasteiger partial charge < -0.3 is 9.64 Å². The fraction of sp³-hybridized carbons (Fsp3) is 0.350. The van der Waals surface area contributed by atoms with Gasteiger partial charge in [0.2, 0.25) is 0 Å². The van der Waals surface area contributed by atoms with Gasteiger partial charge in [-0.1, -0.05) is 17.7 Å². The molecule has 3 nitrogen and oxygen atoms in total. The first-order valence-electron chi connectivity index (χ1n) is 8.40. The predicted molar refractivity (Wildman–Crippen MR) is 103 cm³/mol. The van der Waals surface area contributed by atoms with Crippen LogP contribution in [0, 0.1) is 6.92 Å². The van der Waals surface area contributed by atoms with Gasteiger partial charge in [0.25, 0.3) is 0 Å². The molecule has 0 bridgehead atoms. The van der Waals surface area contributed by atoms with E-state index < -0.39 is 0 Å². The van der Waals surface area contributed by atoms with Gasteiger partial charge in [-0.3, -0.25) is 4.99 Å². The van der Waals surface area contributed by atoms with E-state index in [9.17, 15) is 0 Å². The molecule has 2 aromatic carbocycles. The quantitative estimate of drug-likeness (QED) is 0.695. The third-order valence-corrected chi connectivity index (χ3v) is 4.69. The van der Waals surface area contributed by atoms with Crippen molar-refractivity contribution in [3.63, 3.8) is 0 Å². The third-order valence-electron chi connectivity index (χ3n) is 4.45. The Labute approximate surface area is 148 Å². The minimum absolute atomic E-state index is 0.695. The molecule has 0 radical (unpaired) electrons. The lowest BCUT2D eigenvalue weighted by atomic mass is 10.1. The first-order chi connectivity index (χ1) is 11.7. The molecule has 0 saturated carbocycles. The highest BCUT2D eigenvalue weighted by molar-refractivity contribution is 6.30. The van der Waals surface area contributed by atoms with E-state index >= 15 is 0 Å². The lowest BCUT2D eigenvalue weighted by Gasteiger charge is -2.29. The van der Waals surface area contributed by atoms with Crippen LogP contribution in [0.15, 0.2) is 41.4 Å². The average molecular weight is 343 g/mol. The molecule has 0 spiro atoms. The van der Waals surface area contributed by atoms with Gasteiger partial charge in [-0.05, 0) is 56.0 Å². The van der Waals surface area contributed by atoms with E-state index in [1.54, 1.807) is 7.11 Å². The van der Waals surface area contributed by atoms with Crippen LogP contribution < -0.4 is 9.64 Å². The van der Waals surface area contributed by atoms with E-state index in [1.165, 1.54) is 24.9 Å². The molecule has 0 amide bonds. The number of benzene rings is 2. The maximum absolute atomic E-state index is 6.06. The van der Waals surface area contributed by atoms with Crippen molar-refractivity contribution in [2.75, 3.05) is 25.1 Å². The van der Waals surface area contributed by atoms with Crippen LogP contribution in [0.4, 0.5) is 11.4 Å². The fourth-order valence-corrected chi connectivity index (χ4v) is 3.18. The molecular formula is C20H23ClN2O. The lowest BCUT2D eigenvalue weighted by molar-refractivity contribution is 0.414. The van der Waals surface area contributed by atoms with Crippen molar-refractivity contribution in [2.45, 2.75) is 26.2 Å². The van der Waals surface area contributed by atoms with Crippen molar-refractivity contribution < 1.29 is 4.74 Å². The van der Waals surface area contributed by atoms with Gasteiger partial charge in [0.1, 0.15) is 5.75 Å². The van der Waals surface area contributed by atoms with Crippen molar-refractivity contribution in [3.05, 3.63) is 52.5 Å². The highest BCUT2D eigenvalue weighted by Gasteiger charge is 2.12. The van der Waals surface area contributed by atoms with Crippen LogP contribution in [0.3, 0.4) is 0 Å². The molecule has 0 aliphatic carbocycles. The molecule has 1 heterocycles. The molecule has 0 aromatic heterocycles. The van der Waals surface area contributed by atoms with Gasteiger partial charge in [-0.25, -0.2) is 0 Å². The summed E-state index contributed by atoms with van der Waals surface area (Å²) >= 11 is 6.06. The average Bonchev–Trinajstić information content (AvgIpc) is 2.63. The number of anilines is 1. The number of nitrogens with zero attached hydrogens (tertiary/aromatic N) is 2. The second-order valence-corrected chi connectivity index (χ2v) is 6.60. The van der Waals surface area contributed by atoms with Crippen LogP contribution in [0.2, 0.25) is 5.02 Å². The SMILES string of the molecule is COc1cc(N2CCCCC2)ccc1C=Nc1cc(Cl)ccc1C. The molecule has 1 aliphatic rings. The largest absolute Gasteiger partial charge is 0.496 e. The van der Waals surface area contributed by atoms with E-state index in [0.29, 0.717) is 5.02 Å². The van der Waals surface area contributed by atoms with E-state index in [0.717, 1.165) is 35.7 Å². The summed E-state index contributed by atoms with van der Waals surface area (Å²) in [4.78, 5) is 7.01. The van der Waals surface area contributed by atoms with Crippen molar-refractivity contribution in [3.8, 4) is 5.75 Å². The first-order valence-corrected chi connectivity index (χ1v) is 8.78. The molecule has 24 heavy (non-hydrogen) atoms. The first kappa shape index (κ1) is 16.8. The molecule has 2 aromatic rings. The smallest absolute Gasteiger partial charge is 0.129 e. The summed E-state index contributed by atoms with van der Waals surface area (Å²) in [6.07, 6.45) is 5.70. The number of hydrogen-bond donors (Lipinski definition) is 0. The lowest BCUT2D eigenvalue weighted by Crippen LogP contribution is -2.29. The van der Waals surface area contributed by atoms with E-state index in [4.69, 9.17) is 16.3 Å². The Morgan fingerprint density at radius 2 is 1.88 bits per heavy atom. The van der Waals surface area contributed by atoms with Gasteiger partial charge in [0, 0.05) is 41.6 Å². The summed E-state index contributed by atoms with van der Waals surface area (Å²) in [5.74, 6) is 0.849. The Hall–Kier alpha value is -2.00.